The molecule has 0 bridgehead atoms. The van der Waals surface area contributed by atoms with Crippen molar-refractivity contribution in [2.24, 2.45) is 0 Å². The zero-order valence-corrected chi connectivity index (χ0v) is 9.09. The predicted molar refractivity (Wildman–Crippen MR) is 48.8 cm³/mol. The molecule has 2 heterocycles. The van der Waals surface area contributed by atoms with Gasteiger partial charge in [-0.1, -0.05) is 6.07 Å². The third-order valence-electron chi connectivity index (χ3n) is 2.59. The fraction of sp³-hybridized carbons (Fsp3) is 0.500. The molecular formula is C10H14CrN2. The van der Waals surface area contributed by atoms with E-state index >= 15 is 0 Å². The molecule has 0 spiro atoms. The third-order valence-corrected chi connectivity index (χ3v) is 2.59. The molecule has 13 heavy (non-hydrogen) atoms. The summed E-state index contributed by atoms with van der Waals surface area (Å²) in [5.74, 6) is 0. The molecule has 1 aliphatic heterocycles. The van der Waals surface area contributed by atoms with Gasteiger partial charge in [0, 0.05) is 35.8 Å². The molecule has 0 aliphatic carbocycles. The Kier molecular flexibility index (Phi) is 3.93. The number of hydrogen-bond donors (Lipinski definition) is 0. The summed E-state index contributed by atoms with van der Waals surface area (Å²) in [5.41, 5.74) is 1.36. The van der Waals surface area contributed by atoms with Crippen LogP contribution in [0.15, 0.2) is 24.5 Å². The van der Waals surface area contributed by atoms with Crippen molar-refractivity contribution in [3.8, 4) is 0 Å². The normalized spacial score (nSPS) is 22.7. The maximum absolute atomic E-state index is 4.14. The van der Waals surface area contributed by atoms with Crippen LogP contribution in [0, 0.1) is 0 Å². The van der Waals surface area contributed by atoms with Gasteiger partial charge in [-0.25, -0.2) is 0 Å². The van der Waals surface area contributed by atoms with Crippen LogP contribution in [0.25, 0.3) is 0 Å². The van der Waals surface area contributed by atoms with Gasteiger partial charge in [-0.3, -0.25) is 9.88 Å². The molecule has 1 fully saturated rings. The van der Waals surface area contributed by atoms with Crippen molar-refractivity contribution in [1.82, 2.24) is 9.88 Å². The Morgan fingerprint density at radius 1 is 1.54 bits per heavy atom. The van der Waals surface area contributed by atoms with E-state index in [0.717, 1.165) is 0 Å². The van der Waals surface area contributed by atoms with Crippen LogP contribution in [-0.2, 0) is 17.4 Å². The molecule has 0 amide bonds. The summed E-state index contributed by atoms with van der Waals surface area (Å²) in [5, 5.41) is 0. The molecule has 1 aromatic heterocycles. The van der Waals surface area contributed by atoms with E-state index in [4.69, 9.17) is 0 Å². The third kappa shape index (κ3) is 2.31. The minimum atomic E-state index is 0. The molecule has 0 radical (unpaired) electrons. The van der Waals surface area contributed by atoms with Gasteiger partial charge in [0.25, 0.3) is 0 Å². The SMILES string of the molecule is CN1CCCC1c1cccnc1.[Cr]. The fourth-order valence-corrected chi connectivity index (χ4v) is 1.90. The number of nitrogens with zero attached hydrogens (tertiary/aromatic N) is 2. The standard InChI is InChI=1S/C10H14N2.Cr/c1-12-7-3-5-10(12)9-4-2-6-11-8-9;/h2,4,6,8,10H,3,5,7H2,1H3;. The zero-order chi connectivity index (χ0) is 8.39. The molecule has 1 saturated heterocycles. The topological polar surface area (TPSA) is 16.1 Å². The molecule has 70 valence electrons. The van der Waals surface area contributed by atoms with Crippen LogP contribution >= 0.6 is 0 Å². The molecule has 0 N–H and O–H groups in total. The van der Waals surface area contributed by atoms with Crippen LogP contribution in [0.3, 0.4) is 0 Å². The van der Waals surface area contributed by atoms with E-state index in [-0.39, 0.29) is 17.4 Å². The van der Waals surface area contributed by atoms with E-state index in [0.29, 0.717) is 6.04 Å². The van der Waals surface area contributed by atoms with Crippen molar-refractivity contribution in [1.29, 1.82) is 0 Å². The zero-order valence-electron chi connectivity index (χ0n) is 7.81. The molecule has 1 aromatic rings. The summed E-state index contributed by atoms with van der Waals surface area (Å²) >= 11 is 0. The summed E-state index contributed by atoms with van der Waals surface area (Å²) in [6.45, 7) is 1.22. The monoisotopic (exact) mass is 214 g/mol. The largest absolute Gasteiger partial charge is 0.299 e. The Morgan fingerprint density at radius 2 is 2.38 bits per heavy atom. The molecule has 0 aromatic carbocycles. The average Bonchev–Trinajstić information content (AvgIpc) is 2.53. The fourth-order valence-electron chi connectivity index (χ4n) is 1.90. The van der Waals surface area contributed by atoms with Crippen LogP contribution in [0.1, 0.15) is 24.4 Å². The number of likely N-dealkylation sites (tertiary alicyclic amines) is 1. The van der Waals surface area contributed by atoms with Gasteiger partial charge in [0.1, 0.15) is 0 Å². The molecule has 1 aliphatic rings. The van der Waals surface area contributed by atoms with Gasteiger partial charge in [-0.15, -0.1) is 0 Å². The van der Waals surface area contributed by atoms with Crippen LogP contribution in [-0.4, -0.2) is 23.5 Å². The number of rotatable bonds is 1. The van der Waals surface area contributed by atoms with E-state index in [1.807, 2.05) is 18.5 Å². The first-order chi connectivity index (χ1) is 5.88. The van der Waals surface area contributed by atoms with Crippen molar-refractivity contribution >= 4 is 0 Å². The van der Waals surface area contributed by atoms with Crippen molar-refractivity contribution in [3.05, 3.63) is 30.1 Å². The number of hydrogen-bond acceptors (Lipinski definition) is 2. The minimum Gasteiger partial charge on any atom is -0.299 e. The summed E-state index contributed by atoms with van der Waals surface area (Å²) in [6.07, 6.45) is 6.41. The van der Waals surface area contributed by atoms with Crippen LogP contribution in [0.2, 0.25) is 0 Å². The smallest absolute Gasteiger partial charge is 0.0360 e. The molecular weight excluding hydrogens is 200 g/mol. The second-order valence-corrected chi connectivity index (χ2v) is 3.42. The molecule has 1 unspecified atom stereocenters. The van der Waals surface area contributed by atoms with Gasteiger partial charge in [0.2, 0.25) is 0 Å². The van der Waals surface area contributed by atoms with Gasteiger partial charge < -0.3 is 0 Å². The van der Waals surface area contributed by atoms with Crippen LogP contribution in [0.5, 0.6) is 0 Å². The second kappa shape index (κ2) is 4.76. The van der Waals surface area contributed by atoms with Gasteiger partial charge in [0.05, 0.1) is 0 Å². The Balaban J connectivity index is 0.000000845. The van der Waals surface area contributed by atoms with Crippen molar-refractivity contribution < 1.29 is 17.4 Å². The summed E-state index contributed by atoms with van der Waals surface area (Å²) in [4.78, 5) is 6.54. The van der Waals surface area contributed by atoms with E-state index in [2.05, 4.69) is 23.0 Å². The van der Waals surface area contributed by atoms with Crippen LogP contribution in [0.4, 0.5) is 0 Å². The Hall–Kier alpha value is -0.358. The van der Waals surface area contributed by atoms with Gasteiger partial charge in [-0.05, 0) is 38.1 Å². The predicted octanol–water partition coefficient (Wildman–Crippen LogP) is 1.85. The molecule has 2 rings (SSSR count). The second-order valence-electron chi connectivity index (χ2n) is 3.42. The van der Waals surface area contributed by atoms with Gasteiger partial charge >= 0.3 is 0 Å². The molecule has 3 heteroatoms. The summed E-state index contributed by atoms with van der Waals surface area (Å²) in [6, 6.07) is 4.79. The number of pyridine rings is 1. The van der Waals surface area contributed by atoms with E-state index in [1.165, 1.54) is 24.9 Å². The minimum absolute atomic E-state index is 0. The molecule has 0 saturated carbocycles. The van der Waals surface area contributed by atoms with E-state index in [1.54, 1.807) is 0 Å². The first-order valence-electron chi connectivity index (χ1n) is 4.48. The first kappa shape index (κ1) is 10.7. The molecule has 1 atom stereocenters. The van der Waals surface area contributed by atoms with E-state index < -0.39 is 0 Å². The van der Waals surface area contributed by atoms with E-state index in [9.17, 15) is 0 Å². The maximum Gasteiger partial charge on any atom is 0.0360 e. The van der Waals surface area contributed by atoms with Gasteiger partial charge in [0.15, 0.2) is 0 Å². The quantitative estimate of drug-likeness (QED) is 0.709. The van der Waals surface area contributed by atoms with Crippen molar-refractivity contribution in [2.45, 2.75) is 18.9 Å². The summed E-state index contributed by atoms with van der Waals surface area (Å²) < 4.78 is 0. The average molecular weight is 214 g/mol. The maximum atomic E-state index is 4.14. The first-order valence-corrected chi connectivity index (χ1v) is 4.48. The van der Waals surface area contributed by atoms with Gasteiger partial charge in [-0.2, -0.15) is 0 Å². The number of aromatic nitrogens is 1. The Labute approximate surface area is 90.1 Å². The van der Waals surface area contributed by atoms with Crippen LogP contribution < -0.4 is 0 Å². The Morgan fingerprint density at radius 3 is 2.92 bits per heavy atom. The summed E-state index contributed by atoms with van der Waals surface area (Å²) in [7, 11) is 2.19. The van der Waals surface area contributed by atoms with Crippen molar-refractivity contribution in [3.63, 3.8) is 0 Å². The molecule has 2 nitrogen and oxygen atoms in total. The Bertz CT molecular complexity index is 250. The van der Waals surface area contributed by atoms with Crippen molar-refractivity contribution in [2.75, 3.05) is 13.6 Å².